The number of hydrogen-bond donors (Lipinski definition) is 0. The SMILES string of the molecule is CCN(CC)c1cc(F)c(C(F)(F)F)c(F)c1F. The van der Waals surface area contributed by atoms with Gasteiger partial charge in [0.2, 0.25) is 0 Å². The van der Waals surface area contributed by atoms with E-state index >= 15 is 0 Å². The normalized spacial score (nSPS) is 11.8. The Morgan fingerprint density at radius 3 is 1.89 bits per heavy atom. The molecule has 0 spiro atoms. The highest BCUT2D eigenvalue weighted by Gasteiger charge is 2.40. The Morgan fingerprint density at radius 2 is 1.50 bits per heavy atom. The van der Waals surface area contributed by atoms with Gasteiger partial charge in [0, 0.05) is 19.2 Å². The number of halogens is 6. The molecule has 1 aromatic rings. The molecule has 0 heterocycles. The van der Waals surface area contributed by atoms with Crippen LogP contribution >= 0.6 is 0 Å². The van der Waals surface area contributed by atoms with Crippen molar-refractivity contribution in [1.29, 1.82) is 0 Å². The zero-order chi connectivity index (χ0) is 14.1. The summed E-state index contributed by atoms with van der Waals surface area (Å²) in [7, 11) is 0. The van der Waals surface area contributed by atoms with Gasteiger partial charge in [0.25, 0.3) is 0 Å². The fraction of sp³-hybridized carbons (Fsp3) is 0.455. The minimum atomic E-state index is -5.27. The van der Waals surface area contributed by atoms with Crippen molar-refractivity contribution in [3.8, 4) is 0 Å². The lowest BCUT2D eigenvalue weighted by atomic mass is 10.1. The van der Waals surface area contributed by atoms with Crippen LogP contribution in [-0.2, 0) is 6.18 Å². The molecule has 1 rings (SSSR count). The molecule has 1 nitrogen and oxygen atoms in total. The standard InChI is InChI=1S/C11H11F6N/c1-3-18(4-2)7-5-6(12)8(11(15,16)17)10(14)9(7)13/h5H,3-4H2,1-2H3. The molecule has 18 heavy (non-hydrogen) atoms. The second-order valence-electron chi connectivity index (χ2n) is 3.55. The number of alkyl halides is 3. The molecular formula is C11H11F6N. The van der Waals surface area contributed by atoms with E-state index in [-0.39, 0.29) is 13.1 Å². The Hall–Kier alpha value is -1.40. The third-order valence-electron chi connectivity index (χ3n) is 2.53. The van der Waals surface area contributed by atoms with Gasteiger partial charge in [-0.25, -0.2) is 13.2 Å². The summed E-state index contributed by atoms with van der Waals surface area (Å²) in [5.41, 5.74) is -2.71. The van der Waals surface area contributed by atoms with Gasteiger partial charge in [-0.15, -0.1) is 0 Å². The molecule has 0 N–H and O–H groups in total. The van der Waals surface area contributed by atoms with E-state index in [1.807, 2.05) is 0 Å². The largest absolute Gasteiger partial charge is 0.422 e. The molecule has 0 amide bonds. The predicted octanol–water partition coefficient (Wildman–Crippen LogP) is 3.97. The molecule has 0 aliphatic carbocycles. The van der Waals surface area contributed by atoms with Crippen molar-refractivity contribution in [3.63, 3.8) is 0 Å². The molecule has 0 aromatic heterocycles. The van der Waals surface area contributed by atoms with E-state index < -0.39 is 34.9 Å². The van der Waals surface area contributed by atoms with Crippen molar-refractivity contribution in [2.75, 3.05) is 18.0 Å². The van der Waals surface area contributed by atoms with Gasteiger partial charge in [-0.1, -0.05) is 0 Å². The van der Waals surface area contributed by atoms with Crippen LogP contribution in [0.25, 0.3) is 0 Å². The minimum Gasteiger partial charge on any atom is -0.370 e. The van der Waals surface area contributed by atoms with Gasteiger partial charge >= 0.3 is 6.18 Å². The van der Waals surface area contributed by atoms with Crippen molar-refractivity contribution in [1.82, 2.24) is 0 Å². The Bertz CT molecular complexity index is 436. The van der Waals surface area contributed by atoms with E-state index in [2.05, 4.69) is 0 Å². The summed E-state index contributed by atoms with van der Waals surface area (Å²) >= 11 is 0. The van der Waals surface area contributed by atoms with E-state index in [9.17, 15) is 26.3 Å². The second-order valence-corrected chi connectivity index (χ2v) is 3.55. The quantitative estimate of drug-likeness (QED) is 0.594. The first kappa shape index (κ1) is 14.7. The summed E-state index contributed by atoms with van der Waals surface area (Å²) in [6, 6.07) is 0.369. The topological polar surface area (TPSA) is 3.24 Å². The van der Waals surface area contributed by atoms with E-state index in [0.29, 0.717) is 6.07 Å². The molecule has 0 radical (unpaired) electrons. The van der Waals surface area contributed by atoms with Crippen LogP contribution in [0.4, 0.5) is 32.0 Å². The molecule has 0 saturated heterocycles. The Balaban J connectivity index is 3.47. The summed E-state index contributed by atoms with van der Waals surface area (Å²) in [5, 5.41) is 0. The smallest absolute Gasteiger partial charge is 0.370 e. The van der Waals surface area contributed by atoms with Crippen LogP contribution in [0.3, 0.4) is 0 Å². The molecule has 0 aliphatic heterocycles. The summed E-state index contributed by atoms with van der Waals surface area (Å²) in [6.45, 7) is 3.63. The number of benzene rings is 1. The number of rotatable bonds is 3. The van der Waals surface area contributed by atoms with E-state index in [0.717, 1.165) is 0 Å². The lowest BCUT2D eigenvalue weighted by Crippen LogP contribution is -2.25. The van der Waals surface area contributed by atoms with Gasteiger partial charge in [-0.3, -0.25) is 0 Å². The van der Waals surface area contributed by atoms with Crippen LogP contribution in [-0.4, -0.2) is 13.1 Å². The summed E-state index contributed by atoms with van der Waals surface area (Å²) in [6.07, 6.45) is -5.27. The zero-order valence-corrected chi connectivity index (χ0v) is 9.71. The average Bonchev–Trinajstić information content (AvgIpc) is 2.24. The van der Waals surface area contributed by atoms with Crippen LogP contribution in [0.2, 0.25) is 0 Å². The molecule has 0 fully saturated rings. The molecule has 1 aromatic carbocycles. The van der Waals surface area contributed by atoms with Gasteiger partial charge in [0.15, 0.2) is 11.6 Å². The average molecular weight is 271 g/mol. The number of anilines is 1. The second kappa shape index (κ2) is 5.07. The lowest BCUT2D eigenvalue weighted by molar-refractivity contribution is -0.142. The summed E-state index contributed by atoms with van der Waals surface area (Å²) < 4.78 is 77.0. The maximum Gasteiger partial charge on any atom is 0.422 e. The maximum atomic E-state index is 13.5. The lowest BCUT2D eigenvalue weighted by Gasteiger charge is -2.23. The van der Waals surface area contributed by atoms with Crippen LogP contribution < -0.4 is 4.90 Å². The van der Waals surface area contributed by atoms with Crippen molar-refractivity contribution in [2.45, 2.75) is 20.0 Å². The van der Waals surface area contributed by atoms with Crippen LogP contribution in [0, 0.1) is 17.5 Å². The third kappa shape index (κ3) is 2.54. The van der Waals surface area contributed by atoms with E-state index in [1.54, 1.807) is 13.8 Å². The first-order valence-corrected chi connectivity index (χ1v) is 5.23. The predicted molar refractivity (Wildman–Crippen MR) is 54.9 cm³/mol. The van der Waals surface area contributed by atoms with Crippen molar-refractivity contribution in [2.24, 2.45) is 0 Å². The van der Waals surface area contributed by atoms with E-state index in [4.69, 9.17) is 0 Å². The van der Waals surface area contributed by atoms with Gasteiger partial charge < -0.3 is 4.90 Å². The summed E-state index contributed by atoms with van der Waals surface area (Å²) in [4.78, 5) is 1.22. The first-order valence-electron chi connectivity index (χ1n) is 5.23. The Labute approximate surface area is 100 Å². The highest BCUT2D eigenvalue weighted by molar-refractivity contribution is 5.50. The van der Waals surface area contributed by atoms with Gasteiger partial charge in [-0.05, 0) is 13.8 Å². The molecule has 102 valence electrons. The molecule has 0 atom stereocenters. The molecule has 0 aliphatic rings. The monoisotopic (exact) mass is 271 g/mol. The molecule has 7 heteroatoms. The van der Waals surface area contributed by atoms with Crippen molar-refractivity contribution in [3.05, 3.63) is 29.1 Å². The number of hydrogen-bond acceptors (Lipinski definition) is 1. The van der Waals surface area contributed by atoms with Crippen molar-refractivity contribution < 1.29 is 26.3 Å². The van der Waals surface area contributed by atoms with Gasteiger partial charge in [-0.2, -0.15) is 13.2 Å². The van der Waals surface area contributed by atoms with Crippen LogP contribution in [0.15, 0.2) is 6.07 Å². The molecule has 0 unspecified atom stereocenters. The highest BCUT2D eigenvalue weighted by Crippen LogP contribution is 2.37. The molecule has 0 bridgehead atoms. The van der Waals surface area contributed by atoms with Gasteiger partial charge in [0.05, 0.1) is 5.69 Å². The molecule has 0 saturated carbocycles. The highest BCUT2D eigenvalue weighted by atomic mass is 19.4. The number of nitrogens with zero attached hydrogens (tertiary/aromatic N) is 1. The fourth-order valence-corrected chi connectivity index (χ4v) is 1.64. The van der Waals surface area contributed by atoms with Gasteiger partial charge in [0.1, 0.15) is 11.4 Å². The zero-order valence-electron chi connectivity index (χ0n) is 9.71. The maximum absolute atomic E-state index is 13.5. The van der Waals surface area contributed by atoms with Crippen molar-refractivity contribution >= 4 is 5.69 Å². The fourth-order valence-electron chi connectivity index (χ4n) is 1.64. The Morgan fingerprint density at radius 1 is 1.00 bits per heavy atom. The van der Waals surface area contributed by atoms with Crippen LogP contribution in [0.5, 0.6) is 0 Å². The third-order valence-corrected chi connectivity index (χ3v) is 2.53. The van der Waals surface area contributed by atoms with Crippen LogP contribution in [0.1, 0.15) is 19.4 Å². The summed E-state index contributed by atoms with van der Waals surface area (Å²) in [5.74, 6) is -5.71. The first-order chi connectivity index (χ1) is 8.23. The minimum absolute atomic E-state index is 0.220. The Kier molecular flexibility index (Phi) is 4.13. The molecular weight excluding hydrogens is 260 g/mol. The van der Waals surface area contributed by atoms with E-state index in [1.165, 1.54) is 4.90 Å².